The Morgan fingerprint density at radius 2 is 1.76 bits per heavy atom. The normalized spacial score (nSPS) is 10.3. The Morgan fingerprint density at radius 3 is 2.18 bits per heavy atom. The summed E-state index contributed by atoms with van der Waals surface area (Å²) in [6.45, 7) is 5.25. The Morgan fingerprint density at radius 1 is 1.24 bits per heavy atom. The summed E-state index contributed by atoms with van der Waals surface area (Å²) < 4.78 is 0. The Bertz CT molecular complexity index is 390. The number of nitrogens with zero attached hydrogens (tertiary/aromatic N) is 2. The lowest BCUT2D eigenvalue weighted by Crippen LogP contribution is -2.52. The number of carbonyl (C=O) groups excluding carboxylic acids is 1. The number of nitrogens with two attached hydrogens (primary N) is 1. The van der Waals surface area contributed by atoms with Crippen LogP contribution in [0.25, 0.3) is 0 Å². The molecule has 0 aromatic heterocycles. The average Bonchev–Trinajstić information content (AvgIpc) is 2.35. The van der Waals surface area contributed by atoms with Crippen LogP contribution in [0.15, 0.2) is 30.3 Å². The second kappa shape index (κ2) is 6.32. The molecule has 0 aliphatic heterocycles. The van der Waals surface area contributed by atoms with E-state index in [1.165, 1.54) is 5.01 Å². The van der Waals surface area contributed by atoms with Crippen LogP contribution in [0.5, 0.6) is 0 Å². The molecule has 1 aromatic rings. The van der Waals surface area contributed by atoms with Crippen LogP contribution in [-0.2, 0) is 0 Å². The molecule has 0 spiro atoms. The van der Waals surface area contributed by atoms with Gasteiger partial charge in [-0.2, -0.15) is 0 Å². The maximum atomic E-state index is 12.3. The number of thiocarbonyl (C=S) groups is 1. The zero-order valence-corrected chi connectivity index (χ0v) is 10.9. The molecule has 0 saturated heterocycles. The lowest BCUT2D eigenvalue weighted by atomic mass is 10.2. The first-order valence-electron chi connectivity index (χ1n) is 5.55. The number of carbonyl (C=O) groups is 1. The molecule has 0 aliphatic rings. The molecule has 2 N–H and O–H groups in total. The fraction of sp³-hybridized carbons (Fsp3) is 0.333. The van der Waals surface area contributed by atoms with Gasteiger partial charge in [0.15, 0.2) is 5.11 Å². The molecule has 0 unspecified atom stereocenters. The Balaban J connectivity index is 3.00. The Labute approximate surface area is 107 Å². The summed E-state index contributed by atoms with van der Waals surface area (Å²) in [5.74, 6) is -0.193. The Hall–Kier alpha value is -1.46. The minimum atomic E-state index is -0.193. The highest BCUT2D eigenvalue weighted by Crippen LogP contribution is 2.07. The molecule has 5 heteroatoms. The van der Waals surface area contributed by atoms with Gasteiger partial charge in [0, 0.05) is 18.7 Å². The predicted molar refractivity (Wildman–Crippen MR) is 72.3 cm³/mol. The highest BCUT2D eigenvalue weighted by molar-refractivity contribution is 7.80. The zero-order valence-electron chi connectivity index (χ0n) is 10.1. The molecule has 1 amide bonds. The van der Waals surface area contributed by atoms with Gasteiger partial charge in [0.05, 0.1) is 0 Å². The number of hydrazine groups is 1. The van der Waals surface area contributed by atoms with E-state index in [1.54, 1.807) is 17.1 Å². The zero-order chi connectivity index (χ0) is 12.8. The van der Waals surface area contributed by atoms with Crippen molar-refractivity contribution < 1.29 is 4.79 Å². The van der Waals surface area contributed by atoms with Gasteiger partial charge in [0.2, 0.25) is 0 Å². The minimum absolute atomic E-state index is 0.0718. The van der Waals surface area contributed by atoms with Gasteiger partial charge in [0.1, 0.15) is 0 Å². The van der Waals surface area contributed by atoms with Gasteiger partial charge >= 0.3 is 0 Å². The SMILES string of the molecule is CCN(CC)N(C(=O)c1ccccc1)C(N)=S. The third kappa shape index (κ3) is 3.25. The van der Waals surface area contributed by atoms with Crippen LogP contribution in [0, 0.1) is 0 Å². The van der Waals surface area contributed by atoms with Crippen molar-refractivity contribution in [2.24, 2.45) is 5.73 Å². The molecular weight excluding hydrogens is 234 g/mol. The van der Waals surface area contributed by atoms with Crippen molar-refractivity contribution in [2.75, 3.05) is 13.1 Å². The van der Waals surface area contributed by atoms with E-state index >= 15 is 0 Å². The summed E-state index contributed by atoms with van der Waals surface area (Å²) >= 11 is 4.94. The van der Waals surface area contributed by atoms with Crippen molar-refractivity contribution >= 4 is 23.2 Å². The summed E-state index contributed by atoms with van der Waals surface area (Å²) in [6.07, 6.45) is 0. The van der Waals surface area contributed by atoms with E-state index in [1.807, 2.05) is 32.0 Å². The largest absolute Gasteiger partial charge is 0.375 e. The molecule has 92 valence electrons. The van der Waals surface area contributed by atoms with Crippen molar-refractivity contribution in [3.8, 4) is 0 Å². The number of hydrogen-bond acceptors (Lipinski definition) is 3. The van der Waals surface area contributed by atoms with Crippen LogP contribution in [-0.4, -0.2) is 34.1 Å². The molecule has 0 atom stereocenters. The summed E-state index contributed by atoms with van der Waals surface area (Å²) in [5, 5.41) is 3.23. The maximum absolute atomic E-state index is 12.3. The predicted octanol–water partition coefficient (Wildman–Crippen LogP) is 1.63. The van der Waals surface area contributed by atoms with Gasteiger partial charge < -0.3 is 5.73 Å². The molecule has 0 bridgehead atoms. The number of benzene rings is 1. The first-order chi connectivity index (χ1) is 8.11. The molecule has 17 heavy (non-hydrogen) atoms. The standard InChI is InChI=1S/C12H17N3OS/c1-3-14(4-2)15(12(13)17)11(16)10-8-6-5-7-9-10/h5-9H,3-4H2,1-2H3,(H2,13,17). The van der Waals surface area contributed by atoms with Crippen molar-refractivity contribution in [3.63, 3.8) is 0 Å². The van der Waals surface area contributed by atoms with Crippen molar-refractivity contribution in [1.82, 2.24) is 10.0 Å². The van der Waals surface area contributed by atoms with E-state index in [0.29, 0.717) is 18.7 Å². The molecule has 0 heterocycles. The summed E-state index contributed by atoms with van der Waals surface area (Å²) in [4.78, 5) is 12.3. The lowest BCUT2D eigenvalue weighted by Gasteiger charge is -2.31. The minimum Gasteiger partial charge on any atom is -0.375 e. The molecular formula is C12H17N3OS. The van der Waals surface area contributed by atoms with Crippen molar-refractivity contribution in [1.29, 1.82) is 0 Å². The Kier molecular flexibility index (Phi) is 5.06. The highest BCUT2D eigenvalue weighted by atomic mass is 32.1. The topological polar surface area (TPSA) is 49.6 Å². The number of rotatable bonds is 4. The number of amides is 1. The van der Waals surface area contributed by atoms with Gasteiger partial charge in [-0.25, -0.2) is 10.0 Å². The van der Waals surface area contributed by atoms with Crippen LogP contribution in [0.4, 0.5) is 0 Å². The van der Waals surface area contributed by atoms with Crippen molar-refractivity contribution in [2.45, 2.75) is 13.8 Å². The van der Waals surface area contributed by atoms with Crippen LogP contribution in [0.1, 0.15) is 24.2 Å². The molecule has 0 aliphatic carbocycles. The third-order valence-corrected chi connectivity index (χ3v) is 2.61. The van der Waals surface area contributed by atoms with E-state index in [0.717, 1.165) is 0 Å². The molecule has 0 fully saturated rings. The fourth-order valence-electron chi connectivity index (χ4n) is 1.58. The van der Waals surface area contributed by atoms with E-state index in [2.05, 4.69) is 0 Å². The second-order valence-electron chi connectivity index (χ2n) is 3.46. The summed E-state index contributed by atoms with van der Waals surface area (Å²) in [6, 6.07) is 8.98. The fourth-order valence-corrected chi connectivity index (χ4v) is 1.78. The van der Waals surface area contributed by atoms with Crippen molar-refractivity contribution in [3.05, 3.63) is 35.9 Å². The van der Waals surface area contributed by atoms with E-state index < -0.39 is 0 Å². The van der Waals surface area contributed by atoms with Gasteiger partial charge in [-0.15, -0.1) is 0 Å². The van der Waals surface area contributed by atoms with E-state index in [-0.39, 0.29) is 11.0 Å². The first kappa shape index (κ1) is 13.6. The molecule has 1 aromatic carbocycles. The molecule has 1 rings (SSSR count). The molecule has 4 nitrogen and oxygen atoms in total. The maximum Gasteiger partial charge on any atom is 0.274 e. The van der Waals surface area contributed by atoms with E-state index in [9.17, 15) is 4.79 Å². The van der Waals surface area contributed by atoms with Crippen LogP contribution >= 0.6 is 12.2 Å². The first-order valence-corrected chi connectivity index (χ1v) is 5.96. The van der Waals surface area contributed by atoms with Gasteiger partial charge in [-0.3, -0.25) is 4.79 Å². The van der Waals surface area contributed by atoms with Gasteiger partial charge in [-0.1, -0.05) is 32.0 Å². The van der Waals surface area contributed by atoms with Gasteiger partial charge in [-0.05, 0) is 24.4 Å². The molecule has 0 radical (unpaired) electrons. The summed E-state index contributed by atoms with van der Waals surface area (Å²) in [7, 11) is 0. The van der Waals surface area contributed by atoms with Crippen LogP contribution in [0.2, 0.25) is 0 Å². The average molecular weight is 251 g/mol. The third-order valence-electron chi connectivity index (χ3n) is 2.43. The van der Waals surface area contributed by atoms with E-state index in [4.69, 9.17) is 18.0 Å². The quantitative estimate of drug-likeness (QED) is 0.653. The monoisotopic (exact) mass is 251 g/mol. The summed E-state index contributed by atoms with van der Waals surface area (Å²) in [5.41, 5.74) is 6.20. The lowest BCUT2D eigenvalue weighted by molar-refractivity contribution is 0.0365. The van der Waals surface area contributed by atoms with Crippen LogP contribution < -0.4 is 5.73 Å². The van der Waals surface area contributed by atoms with Gasteiger partial charge in [0.25, 0.3) is 5.91 Å². The van der Waals surface area contributed by atoms with Crippen LogP contribution in [0.3, 0.4) is 0 Å². The number of hydrogen-bond donors (Lipinski definition) is 1. The smallest absolute Gasteiger partial charge is 0.274 e. The molecule has 0 saturated carbocycles. The second-order valence-corrected chi connectivity index (χ2v) is 3.88. The highest BCUT2D eigenvalue weighted by Gasteiger charge is 2.22.